The van der Waals surface area contributed by atoms with E-state index in [2.05, 4.69) is 36.6 Å². The van der Waals surface area contributed by atoms with E-state index >= 15 is 0 Å². The Labute approximate surface area is 129 Å². The molecule has 1 heterocycles. The Bertz CT molecular complexity index is 519. The van der Waals surface area contributed by atoms with Gasteiger partial charge in [-0.25, -0.2) is 0 Å². The van der Waals surface area contributed by atoms with Crippen LogP contribution in [-0.4, -0.2) is 11.5 Å². The largest absolute Gasteiger partial charge is 1.00 e. The molecule has 5 heteroatoms. The molecule has 0 radical (unpaired) electrons. The molecule has 0 fully saturated rings. The van der Waals surface area contributed by atoms with Crippen LogP contribution in [-0.2, 0) is 4.79 Å². The molecule has 0 spiro atoms. The number of rotatable bonds is 4. The summed E-state index contributed by atoms with van der Waals surface area (Å²) in [4.78, 5) is 11.0. The first-order valence-electron chi connectivity index (χ1n) is 5.27. The molecule has 1 aromatic heterocycles. The Kier molecular flexibility index (Phi) is 6.49. The van der Waals surface area contributed by atoms with Gasteiger partial charge in [-0.15, -0.1) is 11.8 Å². The molecular formula is C13H13BrOS3. The van der Waals surface area contributed by atoms with Gasteiger partial charge in [0.1, 0.15) is 9.99 Å². The lowest BCUT2D eigenvalue weighted by molar-refractivity contribution is -0.114. The molecule has 18 heavy (non-hydrogen) atoms. The summed E-state index contributed by atoms with van der Waals surface area (Å²) in [6, 6.07) is 8.53. The van der Waals surface area contributed by atoms with Crippen molar-refractivity contribution in [2.75, 3.05) is 5.75 Å². The van der Waals surface area contributed by atoms with Crippen molar-refractivity contribution in [1.29, 1.82) is 0 Å². The van der Waals surface area contributed by atoms with Crippen LogP contribution in [0.15, 0.2) is 33.9 Å². The van der Waals surface area contributed by atoms with Crippen LogP contribution in [0.1, 0.15) is 12.5 Å². The first-order chi connectivity index (χ1) is 8.16. The van der Waals surface area contributed by atoms with Gasteiger partial charge in [-0.1, -0.05) is 29.8 Å². The number of hydrogen-bond donors (Lipinski definition) is 0. The first-order valence-corrected chi connectivity index (χ1v) is 8.47. The van der Waals surface area contributed by atoms with Crippen LogP contribution in [0.5, 0.6) is 0 Å². The number of aryl methyl sites for hydroxylation is 1. The van der Waals surface area contributed by atoms with Gasteiger partial charge in [0.2, 0.25) is 5.38 Å². The fourth-order valence-electron chi connectivity index (χ4n) is 1.40. The molecule has 1 nitrogen and oxygen atoms in total. The number of benzene rings is 1. The maximum absolute atomic E-state index is 11.0. The van der Waals surface area contributed by atoms with Crippen LogP contribution in [0.4, 0.5) is 0 Å². The van der Waals surface area contributed by atoms with E-state index < -0.39 is 0 Å². The van der Waals surface area contributed by atoms with Crippen molar-refractivity contribution in [1.82, 2.24) is 0 Å². The number of Topliss-reactive ketones (excluding diaryl/α,β-unsaturated/α-hetero) is 1. The Hall–Kier alpha value is -0.230. The third kappa shape index (κ3) is 4.16. The summed E-state index contributed by atoms with van der Waals surface area (Å²) in [5, 5.41) is 2.16. The highest BCUT2D eigenvalue weighted by molar-refractivity contribution is 8.03. The third-order valence-electron chi connectivity index (χ3n) is 2.28. The van der Waals surface area contributed by atoms with Gasteiger partial charge in [0.25, 0.3) is 10.3 Å². The molecule has 0 aliphatic carbocycles. The van der Waals surface area contributed by atoms with Crippen LogP contribution in [0.3, 0.4) is 0 Å². The summed E-state index contributed by atoms with van der Waals surface area (Å²) in [6.07, 6.45) is 0. The molecule has 0 saturated carbocycles. The Morgan fingerprint density at radius 3 is 2.61 bits per heavy atom. The summed E-state index contributed by atoms with van der Waals surface area (Å²) in [7, 11) is 3.47. The topological polar surface area (TPSA) is 17.1 Å². The molecule has 96 valence electrons. The van der Waals surface area contributed by atoms with E-state index in [0.717, 1.165) is 0 Å². The zero-order valence-corrected chi connectivity index (χ0v) is 14.1. The Morgan fingerprint density at radius 2 is 2.00 bits per heavy atom. The van der Waals surface area contributed by atoms with Crippen LogP contribution in [0.2, 0.25) is 0 Å². The van der Waals surface area contributed by atoms with E-state index in [4.69, 9.17) is 0 Å². The quantitative estimate of drug-likeness (QED) is 0.469. The summed E-state index contributed by atoms with van der Waals surface area (Å²) >= 11 is 1.64. The molecule has 0 unspecified atom stereocenters. The molecule has 0 aliphatic rings. The summed E-state index contributed by atoms with van der Waals surface area (Å²) in [5.74, 6) is 0.787. The predicted octanol–water partition coefficient (Wildman–Crippen LogP) is 1.75. The van der Waals surface area contributed by atoms with Crippen molar-refractivity contribution >= 4 is 38.2 Å². The van der Waals surface area contributed by atoms with Gasteiger partial charge in [0.05, 0.1) is 11.3 Å². The van der Waals surface area contributed by atoms with Crippen LogP contribution >= 0.6 is 32.4 Å². The van der Waals surface area contributed by atoms with E-state index in [1.54, 1.807) is 39.4 Å². The minimum absolute atomic E-state index is 0. The molecular weight excluding hydrogens is 348 g/mol. The van der Waals surface area contributed by atoms with Gasteiger partial charge < -0.3 is 17.0 Å². The van der Waals surface area contributed by atoms with Gasteiger partial charge in [-0.3, -0.25) is 4.79 Å². The molecule has 0 atom stereocenters. The lowest BCUT2D eigenvalue weighted by Crippen LogP contribution is -3.00. The van der Waals surface area contributed by atoms with E-state index in [1.807, 2.05) is 0 Å². The fourth-order valence-corrected chi connectivity index (χ4v) is 5.09. The highest BCUT2D eigenvalue weighted by Gasteiger charge is 2.16. The summed E-state index contributed by atoms with van der Waals surface area (Å²) in [5.41, 5.74) is 3.76. The second kappa shape index (κ2) is 7.38. The van der Waals surface area contributed by atoms with Crippen LogP contribution < -0.4 is 17.0 Å². The number of thioether (sulfide) groups is 1. The zero-order valence-electron chi connectivity index (χ0n) is 10.1. The SMILES string of the molecule is CC(=O)CSc1s[s+]cc1-c1ccc(C)cc1.[Br-]. The Morgan fingerprint density at radius 1 is 1.33 bits per heavy atom. The number of ketones is 1. The summed E-state index contributed by atoms with van der Waals surface area (Å²) < 4.78 is 1.24. The first kappa shape index (κ1) is 15.8. The van der Waals surface area contributed by atoms with Crippen molar-refractivity contribution in [2.45, 2.75) is 18.1 Å². The maximum Gasteiger partial charge on any atom is 0.293 e. The van der Waals surface area contributed by atoms with Crippen LogP contribution in [0.25, 0.3) is 11.1 Å². The average Bonchev–Trinajstić information content (AvgIpc) is 2.75. The van der Waals surface area contributed by atoms with Crippen molar-refractivity contribution in [3.05, 3.63) is 35.2 Å². The molecule has 2 aromatic rings. The van der Waals surface area contributed by atoms with Gasteiger partial charge in [0.15, 0.2) is 10.3 Å². The number of halogens is 1. The molecule has 0 amide bonds. The minimum atomic E-state index is 0. The van der Waals surface area contributed by atoms with Crippen LogP contribution in [0, 0.1) is 6.92 Å². The van der Waals surface area contributed by atoms with Gasteiger partial charge >= 0.3 is 0 Å². The Balaban J connectivity index is 0.00000162. The second-order valence-electron chi connectivity index (χ2n) is 3.86. The molecule has 0 aliphatic heterocycles. The van der Waals surface area contributed by atoms with Gasteiger partial charge in [-0.2, -0.15) is 0 Å². The van der Waals surface area contributed by atoms with Crippen molar-refractivity contribution in [3.8, 4) is 11.1 Å². The number of carbonyl (C=O) groups excluding carboxylic acids is 1. The third-order valence-corrected chi connectivity index (χ3v) is 6.11. The molecule has 2 rings (SSSR count). The number of carbonyl (C=O) groups is 1. The van der Waals surface area contributed by atoms with Crippen molar-refractivity contribution in [3.63, 3.8) is 0 Å². The summed E-state index contributed by atoms with van der Waals surface area (Å²) in [6.45, 7) is 3.72. The van der Waals surface area contributed by atoms with Gasteiger partial charge in [-0.05, 0) is 19.4 Å². The van der Waals surface area contributed by atoms with E-state index in [1.165, 1.54) is 20.9 Å². The van der Waals surface area contributed by atoms with E-state index in [-0.39, 0.29) is 22.8 Å². The number of hydrogen-bond acceptors (Lipinski definition) is 3. The normalized spacial score (nSPS) is 9.89. The van der Waals surface area contributed by atoms with Crippen molar-refractivity contribution < 1.29 is 21.8 Å². The molecule has 0 N–H and O–H groups in total. The smallest absolute Gasteiger partial charge is 0.293 e. The molecule has 0 saturated heterocycles. The van der Waals surface area contributed by atoms with E-state index in [9.17, 15) is 4.79 Å². The highest BCUT2D eigenvalue weighted by Crippen LogP contribution is 2.38. The predicted molar refractivity (Wildman–Crippen MR) is 78.2 cm³/mol. The fraction of sp³-hybridized carbons (Fsp3) is 0.231. The monoisotopic (exact) mass is 360 g/mol. The van der Waals surface area contributed by atoms with Crippen molar-refractivity contribution in [2.24, 2.45) is 0 Å². The lowest BCUT2D eigenvalue weighted by Gasteiger charge is -2.00. The molecule has 0 bridgehead atoms. The van der Waals surface area contributed by atoms with Gasteiger partial charge in [0, 0.05) is 0 Å². The lowest BCUT2D eigenvalue weighted by atomic mass is 10.1. The standard InChI is InChI=1S/C13H13OS3.BrH/c1-9-3-5-11(6-4-9)12-8-16-17-13(12)15-7-10(2)14;/h3-6,8H,7H2,1-2H3;1H/q+1;/p-1. The van der Waals surface area contributed by atoms with E-state index in [0.29, 0.717) is 5.75 Å². The molecule has 1 aromatic carbocycles. The minimum Gasteiger partial charge on any atom is -1.00 e. The zero-order chi connectivity index (χ0) is 12.3. The second-order valence-corrected chi connectivity index (χ2v) is 7.18. The average molecular weight is 361 g/mol. The maximum atomic E-state index is 11.0. The highest BCUT2D eigenvalue weighted by atomic mass is 79.9.